The van der Waals surface area contributed by atoms with Gasteiger partial charge in [-0.2, -0.15) is 0 Å². The van der Waals surface area contributed by atoms with Crippen LogP contribution in [0.1, 0.15) is 25.6 Å². The van der Waals surface area contributed by atoms with Gasteiger partial charge in [-0.05, 0) is 16.9 Å². The molecule has 5 heteroatoms. The van der Waals surface area contributed by atoms with E-state index in [9.17, 15) is 14.7 Å². The molecule has 1 rings (SSSR count). The lowest BCUT2D eigenvalue weighted by Crippen LogP contribution is -2.43. The third-order valence-electron chi connectivity index (χ3n) is 2.71. The first kappa shape index (κ1) is 14.7. The Balaban J connectivity index is 2.81. The van der Waals surface area contributed by atoms with E-state index in [1.807, 2.05) is 17.5 Å². The van der Waals surface area contributed by atoms with Gasteiger partial charge in [0.2, 0.25) is 5.91 Å². The molecular formula is C13H19NO3S. The number of amides is 1. The standard InChI is InChI=1S/C13H19NO3S/c1-13(2,3)10(12(16)17)11(15)14(4)8-9-6-5-7-18-9/h5-7,10H,8H2,1-4H3,(H,16,17). The van der Waals surface area contributed by atoms with Crippen LogP contribution in [0.15, 0.2) is 17.5 Å². The lowest BCUT2D eigenvalue weighted by atomic mass is 9.80. The topological polar surface area (TPSA) is 57.6 Å². The molecule has 0 aliphatic heterocycles. The average molecular weight is 269 g/mol. The van der Waals surface area contributed by atoms with Crippen molar-refractivity contribution >= 4 is 23.2 Å². The molecule has 0 aromatic carbocycles. The number of nitrogens with zero attached hydrogens (tertiary/aromatic N) is 1. The molecule has 0 saturated carbocycles. The Morgan fingerprint density at radius 1 is 1.44 bits per heavy atom. The molecule has 0 spiro atoms. The van der Waals surface area contributed by atoms with Gasteiger partial charge in [-0.3, -0.25) is 9.59 Å². The predicted octanol–water partition coefficient (Wildman–Crippen LogP) is 2.45. The maximum atomic E-state index is 12.2. The number of carbonyl (C=O) groups is 2. The van der Waals surface area contributed by atoms with E-state index in [2.05, 4.69) is 0 Å². The Labute approximate surface area is 111 Å². The molecule has 1 aromatic heterocycles. The molecule has 100 valence electrons. The molecule has 4 nitrogen and oxygen atoms in total. The smallest absolute Gasteiger partial charge is 0.316 e. The van der Waals surface area contributed by atoms with E-state index in [4.69, 9.17) is 0 Å². The van der Waals surface area contributed by atoms with Crippen molar-refractivity contribution in [3.05, 3.63) is 22.4 Å². The van der Waals surface area contributed by atoms with Crippen LogP contribution >= 0.6 is 11.3 Å². The Morgan fingerprint density at radius 2 is 2.06 bits per heavy atom. The molecule has 0 bridgehead atoms. The number of carbonyl (C=O) groups excluding carboxylic acids is 1. The van der Waals surface area contributed by atoms with E-state index in [0.717, 1.165) is 4.88 Å². The van der Waals surface area contributed by atoms with Crippen molar-refractivity contribution in [2.45, 2.75) is 27.3 Å². The minimum Gasteiger partial charge on any atom is -0.481 e. The van der Waals surface area contributed by atoms with Crippen LogP contribution in [0.4, 0.5) is 0 Å². The second-order valence-corrected chi connectivity index (χ2v) is 6.44. The molecule has 1 aromatic rings. The Hall–Kier alpha value is -1.36. The second-order valence-electron chi connectivity index (χ2n) is 5.41. The Bertz CT molecular complexity index is 420. The van der Waals surface area contributed by atoms with Gasteiger partial charge in [0.05, 0.1) is 6.54 Å². The number of rotatable bonds is 4. The second kappa shape index (κ2) is 5.52. The Kier molecular flexibility index (Phi) is 4.51. The highest BCUT2D eigenvalue weighted by Crippen LogP contribution is 2.28. The molecule has 18 heavy (non-hydrogen) atoms. The summed E-state index contributed by atoms with van der Waals surface area (Å²) in [5.74, 6) is -2.42. The maximum Gasteiger partial charge on any atom is 0.316 e. The zero-order valence-corrected chi connectivity index (χ0v) is 12.0. The van der Waals surface area contributed by atoms with Gasteiger partial charge < -0.3 is 10.0 Å². The summed E-state index contributed by atoms with van der Waals surface area (Å²) in [6, 6.07) is 3.85. The Morgan fingerprint density at radius 3 is 2.44 bits per heavy atom. The van der Waals surface area contributed by atoms with Crippen molar-refractivity contribution in [1.29, 1.82) is 0 Å². The fourth-order valence-electron chi connectivity index (χ4n) is 1.78. The first-order chi connectivity index (χ1) is 8.23. The van der Waals surface area contributed by atoms with Gasteiger partial charge in [0.15, 0.2) is 0 Å². The number of aliphatic carboxylic acids is 1. The summed E-state index contributed by atoms with van der Waals surface area (Å²) in [5.41, 5.74) is -0.591. The van der Waals surface area contributed by atoms with Gasteiger partial charge in [-0.25, -0.2) is 0 Å². The number of hydrogen-bond donors (Lipinski definition) is 1. The van der Waals surface area contributed by atoms with Gasteiger partial charge in [0.25, 0.3) is 0 Å². The van der Waals surface area contributed by atoms with Gasteiger partial charge in [-0.15, -0.1) is 11.3 Å². The van der Waals surface area contributed by atoms with Crippen LogP contribution in [0, 0.1) is 11.3 Å². The van der Waals surface area contributed by atoms with Crippen molar-refractivity contribution in [3.63, 3.8) is 0 Å². The summed E-state index contributed by atoms with van der Waals surface area (Å²) in [5, 5.41) is 11.1. The van der Waals surface area contributed by atoms with Crippen LogP contribution in [0.25, 0.3) is 0 Å². The minimum absolute atomic E-state index is 0.344. The highest BCUT2D eigenvalue weighted by atomic mass is 32.1. The van der Waals surface area contributed by atoms with Crippen LogP contribution in [-0.2, 0) is 16.1 Å². The van der Waals surface area contributed by atoms with E-state index >= 15 is 0 Å². The quantitative estimate of drug-likeness (QED) is 0.854. The van der Waals surface area contributed by atoms with Crippen LogP contribution < -0.4 is 0 Å². The van der Waals surface area contributed by atoms with E-state index in [1.54, 1.807) is 39.2 Å². The summed E-state index contributed by atoms with van der Waals surface area (Å²) in [6.45, 7) is 5.75. The SMILES string of the molecule is CN(Cc1cccs1)C(=O)C(C(=O)O)C(C)(C)C. The first-order valence-electron chi connectivity index (χ1n) is 5.73. The van der Waals surface area contributed by atoms with Crippen LogP contribution in [0.5, 0.6) is 0 Å². The van der Waals surface area contributed by atoms with Crippen LogP contribution in [0.3, 0.4) is 0 Å². The molecule has 0 radical (unpaired) electrons. The highest BCUT2D eigenvalue weighted by Gasteiger charge is 2.39. The lowest BCUT2D eigenvalue weighted by Gasteiger charge is -2.29. The summed E-state index contributed by atoms with van der Waals surface area (Å²) >= 11 is 1.55. The van der Waals surface area contributed by atoms with E-state index in [-0.39, 0.29) is 5.91 Å². The van der Waals surface area contributed by atoms with E-state index < -0.39 is 17.3 Å². The minimum atomic E-state index is -1.06. The molecule has 0 aliphatic rings. The van der Waals surface area contributed by atoms with Crippen molar-refractivity contribution in [2.24, 2.45) is 11.3 Å². The number of carboxylic acids is 1. The fourth-order valence-corrected chi connectivity index (χ4v) is 2.54. The molecule has 1 amide bonds. The van der Waals surface area contributed by atoms with Crippen molar-refractivity contribution in [2.75, 3.05) is 7.05 Å². The zero-order valence-electron chi connectivity index (χ0n) is 11.1. The molecule has 1 N–H and O–H groups in total. The molecule has 0 fully saturated rings. The number of hydrogen-bond acceptors (Lipinski definition) is 3. The van der Waals surface area contributed by atoms with Gasteiger partial charge in [0, 0.05) is 11.9 Å². The van der Waals surface area contributed by atoms with Crippen LogP contribution in [0.2, 0.25) is 0 Å². The third kappa shape index (κ3) is 3.57. The molecule has 1 unspecified atom stereocenters. The number of thiophene rings is 1. The van der Waals surface area contributed by atoms with Crippen molar-refractivity contribution in [3.8, 4) is 0 Å². The van der Waals surface area contributed by atoms with Gasteiger partial charge >= 0.3 is 5.97 Å². The van der Waals surface area contributed by atoms with Gasteiger partial charge in [-0.1, -0.05) is 26.8 Å². The zero-order chi connectivity index (χ0) is 13.9. The lowest BCUT2D eigenvalue weighted by molar-refractivity contribution is -0.155. The van der Waals surface area contributed by atoms with E-state index in [1.165, 1.54) is 4.90 Å². The fraction of sp³-hybridized carbons (Fsp3) is 0.538. The van der Waals surface area contributed by atoms with Gasteiger partial charge in [0.1, 0.15) is 5.92 Å². The van der Waals surface area contributed by atoms with E-state index in [0.29, 0.717) is 6.54 Å². The van der Waals surface area contributed by atoms with Crippen molar-refractivity contribution < 1.29 is 14.7 Å². The normalized spacial score (nSPS) is 13.1. The monoisotopic (exact) mass is 269 g/mol. The maximum absolute atomic E-state index is 12.2. The molecule has 1 atom stereocenters. The summed E-state index contributed by atoms with van der Waals surface area (Å²) in [7, 11) is 1.64. The molecular weight excluding hydrogens is 250 g/mol. The summed E-state index contributed by atoms with van der Waals surface area (Å²) in [4.78, 5) is 26.0. The third-order valence-corrected chi connectivity index (χ3v) is 3.57. The molecule has 0 aliphatic carbocycles. The highest BCUT2D eigenvalue weighted by molar-refractivity contribution is 7.09. The molecule has 1 heterocycles. The average Bonchev–Trinajstić information content (AvgIpc) is 2.67. The summed E-state index contributed by atoms with van der Waals surface area (Å²) < 4.78 is 0. The van der Waals surface area contributed by atoms with Crippen molar-refractivity contribution in [1.82, 2.24) is 4.90 Å². The summed E-state index contributed by atoms with van der Waals surface area (Å²) in [6.07, 6.45) is 0. The number of carboxylic acid groups (broad SMARTS) is 1. The first-order valence-corrected chi connectivity index (χ1v) is 6.61. The largest absolute Gasteiger partial charge is 0.481 e. The molecule has 0 saturated heterocycles. The predicted molar refractivity (Wildman–Crippen MR) is 71.4 cm³/mol. The van der Waals surface area contributed by atoms with Crippen LogP contribution in [-0.4, -0.2) is 28.9 Å².